The number of amides is 1. The highest BCUT2D eigenvalue weighted by Crippen LogP contribution is 2.28. The Bertz CT molecular complexity index is 661. The Balaban J connectivity index is 2.31. The average molecular weight is 314 g/mol. The Morgan fingerprint density at radius 1 is 1.26 bits per heavy atom. The van der Waals surface area contributed by atoms with Crippen molar-refractivity contribution in [3.8, 4) is 0 Å². The number of carbonyl (C=O) groups excluding carboxylic acids is 1. The second kappa shape index (κ2) is 6.94. The molecule has 5 heteroatoms. The molecule has 0 saturated heterocycles. The molecule has 23 heavy (non-hydrogen) atoms. The van der Waals surface area contributed by atoms with Gasteiger partial charge in [-0.25, -0.2) is 0 Å². The molecule has 0 bridgehead atoms. The normalized spacial score (nSPS) is 12.7. The lowest BCUT2D eigenvalue weighted by atomic mass is 9.95. The maximum absolute atomic E-state index is 12.9. The molecule has 0 aliphatic carbocycles. The first kappa shape index (κ1) is 17.2. The summed E-state index contributed by atoms with van der Waals surface area (Å²) in [7, 11) is 3.72. The summed E-state index contributed by atoms with van der Waals surface area (Å²) in [5.74, 6) is 0.551. The third kappa shape index (κ3) is 3.60. The molecule has 0 radical (unpaired) electrons. The molecule has 0 N–H and O–H groups in total. The highest BCUT2D eigenvalue weighted by atomic mass is 16.2. The van der Waals surface area contributed by atoms with E-state index in [1.54, 1.807) is 15.8 Å². The molecular weight excluding hydrogens is 288 g/mol. The Labute approximate surface area is 138 Å². The van der Waals surface area contributed by atoms with Gasteiger partial charge in [0.25, 0.3) is 5.91 Å². The van der Waals surface area contributed by atoms with Gasteiger partial charge in [-0.1, -0.05) is 33.8 Å². The monoisotopic (exact) mass is 314 g/mol. The molecule has 5 nitrogen and oxygen atoms in total. The molecule has 1 amide bonds. The second-order valence-electron chi connectivity index (χ2n) is 6.62. The fourth-order valence-electron chi connectivity index (χ4n) is 3.04. The van der Waals surface area contributed by atoms with E-state index in [0.29, 0.717) is 11.6 Å². The fraction of sp³-hybridized carbons (Fsp3) is 0.500. The van der Waals surface area contributed by atoms with Gasteiger partial charge in [0.15, 0.2) is 5.69 Å². The molecule has 2 heterocycles. The first-order valence-electron chi connectivity index (χ1n) is 8.04. The zero-order valence-corrected chi connectivity index (χ0v) is 14.8. The molecule has 2 aromatic rings. The van der Waals surface area contributed by atoms with Gasteiger partial charge in [0.2, 0.25) is 0 Å². The van der Waals surface area contributed by atoms with Gasteiger partial charge in [-0.2, -0.15) is 5.10 Å². The number of aromatic nitrogens is 3. The second-order valence-corrected chi connectivity index (χ2v) is 6.62. The van der Waals surface area contributed by atoms with Crippen molar-refractivity contribution in [3.05, 3.63) is 47.5 Å². The van der Waals surface area contributed by atoms with Crippen molar-refractivity contribution in [2.75, 3.05) is 7.05 Å². The van der Waals surface area contributed by atoms with Crippen molar-refractivity contribution in [2.45, 2.75) is 39.7 Å². The lowest BCUT2D eigenvalue weighted by Gasteiger charge is -2.31. The summed E-state index contributed by atoms with van der Waals surface area (Å²) in [6.07, 6.45) is 3.57. The molecular formula is C18H26N4O. The van der Waals surface area contributed by atoms with Crippen LogP contribution >= 0.6 is 0 Å². The smallest absolute Gasteiger partial charge is 0.274 e. The van der Waals surface area contributed by atoms with Crippen molar-refractivity contribution in [3.63, 3.8) is 0 Å². The molecule has 0 saturated carbocycles. The van der Waals surface area contributed by atoms with E-state index in [1.807, 2.05) is 38.5 Å². The molecule has 1 atom stereocenters. The summed E-state index contributed by atoms with van der Waals surface area (Å²) in [4.78, 5) is 18.8. The highest BCUT2D eigenvalue weighted by Gasteiger charge is 2.27. The van der Waals surface area contributed by atoms with Gasteiger partial charge in [-0.05, 0) is 29.5 Å². The van der Waals surface area contributed by atoms with Gasteiger partial charge >= 0.3 is 0 Å². The molecule has 0 spiro atoms. The van der Waals surface area contributed by atoms with Crippen LogP contribution in [0.1, 0.15) is 61.4 Å². The number of hydrogen-bond acceptors (Lipinski definition) is 3. The van der Waals surface area contributed by atoms with Crippen molar-refractivity contribution in [1.29, 1.82) is 0 Å². The third-order valence-corrected chi connectivity index (χ3v) is 4.12. The first-order chi connectivity index (χ1) is 10.8. The van der Waals surface area contributed by atoms with E-state index < -0.39 is 0 Å². The molecule has 0 aliphatic heterocycles. The summed E-state index contributed by atoms with van der Waals surface area (Å²) in [5, 5.41) is 4.40. The van der Waals surface area contributed by atoms with E-state index in [4.69, 9.17) is 0 Å². The van der Waals surface area contributed by atoms with Crippen LogP contribution in [0.15, 0.2) is 30.6 Å². The maximum Gasteiger partial charge on any atom is 0.274 e. The van der Waals surface area contributed by atoms with Crippen molar-refractivity contribution < 1.29 is 4.79 Å². The molecule has 0 aromatic carbocycles. The van der Waals surface area contributed by atoms with E-state index in [2.05, 4.69) is 37.8 Å². The summed E-state index contributed by atoms with van der Waals surface area (Å²) in [6.45, 7) is 8.42. The van der Waals surface area contributed by atoms with Crippen LogP contribution in [0, 0.1) is 5.92 Å². The lowest BCUT2D eigenvalue weighted by molar-refractivity contribution is 0.0680. The number of aryl methyl sites for hydroxylation is 1. The Morgan fingerprint density at radius 2 is 1.96 bits per heavy atom. The van der Waals surface area contributed by atoms with Crippen LogP contribution in [0.25, 0.3) is 0 Å². The van der Waals surface area contributed by atoms with Gasteiger partial charge in [0, 0.05) is 32.2 Å². The van der Waals surface area contributed by atoms with Gasteiger partial charge < -0.3 is 4.90 Å². The zero-order chi connectivity index (χ0) is 17.1. The Hall–Kier alpha value is -2.17. The molecule has 2 rings (SSSR count). The summed E-state index contributed by atoms with van der Waals surface area (Å²) in [5.41, 5.74) is 2.59. The minimum atomic E-state index is -0.0601. The van der Waals surface area contributed by atoms with Crippen molar-refractivity contribution in [2.24, 2.45) is 13.0 Å². The number of rotatable bonds is 5. The lowest BCUT2D eigenvalue weighted by Crippen LogP contribution is -2.34. The number of hydrogen-bond donors (Lipinski definition) is 0. The van der Waals surface area contributed by atoms with Gasteiger partial charge in [-0.3, -0.25) is 14.5 Å². The van der Waals surface area contributed by atoms with E-state index in [1.165, 1.54) is 0 Å². The number of pyridine rings is 1. The quantitative estimate of drug-likeness (QED) is 0.850. The third-order valence-electron chi connectivity index (χ3n) is 4.12. The van der Waals surface area contributed by atoms with Gasteiger partial charge in [-0.15, -0.1) is 0 Å². The maximum atomic E-state index is 12.9. The van der Waals surface area contributed by atoms with Crippen LogP contribution < -0.4 is 0 Å². The SMILES string of the molecule is CC(C)c1cc(C(=O)N(C)[C@@H](c2cccnc2)C(C)C)nn1C. The highest BCUT2D eigenvalue weighted by molar-refractivity contribution is 5.92. The van der Waals surface area contributed by atoms with Gasteiger partial charge in [0.05, 0.1) is 6.04 Å². The van der Waals surface area contributed by atoms with Crippen LogP contribution in [0.3, 0.4) is 0 Å². The molecule has 2 aromatic heterocycles. The van der Waals surface area contributed by atoms with E-state index in [-0.39, 0.29) is 17.9 Å². The molecule has 0 fully saturated rings. The topological polar surface area (TPSA) is 51.0 Å². The van der Waals surface area contributed by atoms with E-state index in [0.717, 1.165) is 11.3 Å². The zero-order valence-electron chi connectivity index (χ0n) is 14.8. The Morgan fingerprint density at radius 3 is 2.43 bits per heavy atom. The minimum Gasteiger partial charge on any atom is -0.333 e. The molecule has 0 aliphatic rings. The van der Waals surface area contributed by atoms with E-state index in [9.17, 15) is 4.79 Å². The summed E-state index contributed by atoms with van der Waals surface area (Å²) in [6, 6.07) is 5.78. The number of nitrogens with zero attached hydrogens (tertiary/aromatic N) is 4. The minimum absolute atomic E-state index is 0.0271. The van der Waals surface area contributed by atoms with E-state index >= 15 is 0 Å². The van der Waals surface area contributed by atoms with Crippen LogP contribution in [-0.4, -0.2) is 32.6 Å². The number of carbonyl (C=O) groups is 1. The predicted octanol–water partition coefficient (Wildman–Crippen LogP) is 3.41. The van der Waals surface area contributed by atoms with Gasteiger partial charge in [0.1, 0.15) is 0 Å². The van der Waals surface area contributed by atoms with Crippen molar-refractivity contribution in [1.82, 2.24) is 19.7 Å². The summed E-state index contributed by atoms with van der Waals surface area (Å²) < 4.78 is 1.79. The van der Waals surface area contributed by atoms with Crippen LogP contribution in [0.4, 0.5) is 0 Å². The van der Waals surface area contributed by atoms with Crippen LogP contribution in [0.5, 0.6) is 0 Å². The largest absolute Gasteiger partial charge is 0.333 e. The van der Waals surface area contributed by atoms with Crippen LogP contribution in [-0.2, 0) is 7.05 Å². The van der Waals surface area contributed by atoms with Crippen molar-refractivity contribution >= 4 is 5.91 Å². The Kier molecular flexibility index (Phi) is 5.19. The fourth-order valence-corrected chi connectivity index (χ4v) is 3.04. The standard InChI is InChI=1S/C18H26N4O/c1-12(2)16-10-15(20-22(16)6)18(23)21(5)17(13(3)4)14-8-7-9-19-11-14/h7-13,17H,1-6H3/t17-/m1/s1. The van der Waals surface area contributed by atoms with Crippen LogP contribution in [0.2, 0.25) is 0 Å². The molecule has 124 valence electrons. The summed E-state index contributed by atoms with van der Waals surface area (Å²) >= 11 is 0. The molecule has 0 unspecified atom stereocenters. The first-order valence-corrected chi connectivity index (χ1v) is 8.04. The average Bonchev–Trinajstić information content (AvgIpc) is 2.89. The predicted molar refractivity (Wildman–Crippen MR) is 91.2 cm³/mol.